The summed E-state index contributed by atoms with van der Waals surface area (Å²) in [4.78, 5) is 13.4. The van der Waals surface area contributed by atoms with Crippen LogP contribution >= 0.6 is 0 Å². The highest BCUT2D eigenvalue weighted by molar-refractivity contribution is 5.95. The number of carbonyl (C=O) groups excluding carboxylic acids is 1. The maximum atomic E-state index is 11.7. The molecule has 1 aromatic rings. The van der Waals surface area contributed by atoms with Crippen LogP contribution in [0.5, 0.6) is 0 Å². The van der Waals surface area contributed by atoms with Crippen LogP contribution in [0.4, 0.5) is 5.82 Å². The fraction of sp³-hybridized carbons (Fsp3) is 0.636. The summed E-state index contributed by atoms with van der Waals surface area (Å²) in [6.07, 6.45) is 2.41. The maximum Gasteiger partial charge on any atom is 0.230 e. The van der Waals surface area contributed by atoms with Gasteiger partial charge in [0.25, 0.3) is 0 Å². The van der Waals surface area contributed by atoms with E-state index in [-0.39, 0.29) is 12.3 Å². The number of hydrogen-bond donors (Lipinski definition) is 1. The summed E-state index contributed by atoms with van der Waals surface area (Å²) in [6.45, 7) is 5.19. The molecule has 2 rings (SSSR count). The number of aryl methyl sites for hydroxylation is 2. The van der Waals surface area contributed by atoms with E-state index in [1.807, 2.05) is 11.6 Å². The van der Waals surface area contributed by atoms with E-state index < -0.39 is 6.10 Å². The Labute approximate surface area is 94.7 Å². The molecule has 0 aliphatic carbocycles. The van der Waals surface area contributed by atoms with Crippen molar-refractivity contribution in [2.24, 2.45) is 0 Å². The molecule has 1 fully saturated rings. The van der Waals surface area contributed by atoms with Crippen molar-refractivity contribution in [1.29, 1.82) is 0 Å². The number of anilines is 1. The Kier molecular flexibility index (Phi) is 2.96. The first-order valence-corrected chi connectivity index (χ1v) is 5.64. The van der Waals surface area contributed by atoms with E-state index in [0.717, 1.165) is 24.3 Å². The van der Waals surface area contributed by atoms with Crippen molar-refractivity contribution in [2.45, 2.75) is 39.3 Å². The molecule has 0 aromatic carbocycles. The summed E-state index contributed by atoms with van der Waals surface area (Å²) in [6, 6.07) is 0. The average molecular weight is 223 g/mol. The van der Waals surface area contributed by atoms with Crippen molar-refractivity contribution in [3.8, 4) is 0 Å². The van der Waals surface area contributed by atoms with Crippen molar-refractivity contribution >= 4 is 11.7 Å². The van der Waals surface area contributed by atoms with Gasteiger partial charge < -0.3 is 5.11 Å². The Hall–Kier alpha value is -1.36. The second-order valence-corrected chi connectivity index (χ2v) is 4.24. The van der Waals surface area contributed by atoms with E-state index in [0.29, 0.717) is 6.54 Å². The zero-order chi connectivity index (χ0) is 11.7. The molecule has 1 aliphatic heterocycles. The summed E-state index contributed by atoms with van der Waals surface area (Å²) < 4.78 is 1.84. The van der Waals surface area contributed by atoms with Gasteiger partial charge in [-0.3, -0.25) is 9.69 Å². The average Bonchev–Trinajstić information content (AvgIpc) is 2.71. The van der Waals surface area contributed by atoms with Crippen molar-refractivity contribution in [2.75, 3.05) is 11.4 Å². The third-order valence-corrected chi connectivity index (χ3v) is 2.78. The molecule has 2 heterocycles. The van der Waals surface area contributed by atoms with E-state index in [2.05, 4.69) is 12.0 Å². The number of aliphatic hydroxyl groups excluding tert-OH is 1. The van der Waals surface area contributed by atoms with Crippen LogP contribution < -0.4 is 4.90 Å². The van der Waals surface area contributed by atoms with Crippen LogP contribution in [0, 0.1) is 6.92 Å². The third-order valence-electron chi connectivity index (χ3n) is 2.78. The number of aromatic nitrogens is 2. The molecule has 1 amide bonds. The van der Waals surface area contributed by atoms with Gasteiger partial charge in [0.1, 0.15) is 5.82 Å². The van der Waals surface area contributed by atoms with Crippen LogP contribution in [0.2, 0.25) is 0 Å². The number of nitrogens with zero attached hydrogens (tertiary/aromatic N) is 3. The van der Waals surface area contributed by atoms with Crippen LogP contribution in [0.1, 0.15) is 25.3 Å². The van der Waals surface area contributed by atoms with Crippen LogP contribution in [0.25, 0.3) is 0 Å². The molecule has 1 atom stereocenters. The molecule has 88 valence electrons. The predicted molar refractivity (Wildman–Crippen MR) is 60.2 cm³/mol. The molecule has 1 aliphatic rings. The molecule has 0 spiro atoms. The van der Waals surface area contributed by atoms with Crippen molar-refractivity contribution in [1.82, 2.24) is 9.78 Å². The van der Waals surface area contributed by atoms with Crippen LogP contribution in [-0.2, 0) is 11.3 Å². The monoisotopic (exact) mass is 223 g/mol. The molecule has 5 nitrogen and oxygen atoms in total. The van der Waals surface area contributed by atoms with Gasteiger partial charge in [-0.25, -0.2) is 4.68 Å². The number of β-amino-alcohol motifs (C(OH)–C–C–N with tert-alkyl or cyclic N) is 1. The van der Waals surface area contributed by atoms with E-state index in [9.17, 15) is 9.90 Å². The van der Waals surface area contributed by atoms with Crippen molar-refractivity contribution < 1.29 is 9.90 Å². The third kappa shape index (κ3) is 1.82. The minimum absolute atomic E-state index is 0.0200. The lowest BCUT2D eigenvalue weighted by molar-refractivity contribution is -0.117. The van der Waals surface area contributed by atoms with Gasteiger partial charge in [0.15, 0.2) is 0 Å². The number of amides is 1. The maximum absolute atomic E-state index is 11.7. The van der Waals surface area contributed by atoms with Gasteiger partial charge in [-0.2, -0.15) is 5.10 Å². The molecule has 1 saturated heterocycles. The molecule has 1 unspecified atom stereocenters. The van der Waals surface area contributed by atoms with E-state index in [1.165, 1.54) is 0 Å². The number of aliphatic hydroxyl groups is 1. The first-order chi connectivity index (χ1) is 7.63. The molecule has 1 N–H and O–H groups in total. The standard InChI is InChI=1S/C11H17N3O2/c1-3-4-14-11(8(2)6-12-14)13-7-9(15)5-10(13)16/h6,9,15H,3-5,7H2,1-2H3. The molecule has 0 bridgehead atoms. The van der Waals surface area contributed by atoms with Gasteiger partial charge in [-0.1, -0.05) is 6.92 Å². The predicted octanol–water partition coefficient (Wildman–Crippen LogP) is 0.699. The Bertz CT molecular complexity index is 400. The van der Waals surface area contributed by atoms with Crippen molar-refractivity contribution in [3.05, 3.63) is 11.8 Å². The topological polar surface area (TPSA) is 58.4 Å². The summed E-state index contributed by atoms with van der Waals surface area (Å²) in [5, 5.41) is 13.7. The van der Waals surface area contributed by atoms with Gasteiger partial charge in [-0.05, 0) is 13.3 Å². The Balaban J connectivity index is 2.31. The Morgan fingerprint density at radius 3 is 2.94 bits per heavy atom. The summed E-state index contributed by atoms with van der Waals surface area (Å²) >= 11 is 0. The molecule has 16 heavy (non-hydrogen) atoms. The highest BCUT2D eigenvalue weighted by atomic mass is 16.3. The fourth-order valence-corrected chi connectivity index (χ4v) is 2.09. The van der Waals surface area contributed by atoms with Gasteiger partial charge in [0.2, 0.25) is 5.91 Å². The zero-order valence-electron chi connectivity index (χ0n) is 9.68. The zero-order valence-corrected chi connectivity index (χ0v) is 9.68. The van der Waals surface area contributed by atoms with Crippen LogP contribution in [0.15, 0.2) is 6.20 Å². The lowest BCUT2D eigenvalue weighted by Crippen LogP contribution is -2.28. The van der Waals surface area contributed by atoms with E-state index in [4.69, 9.17) is 0 Å². The second-order valence-electron chi connectivity index (χ2n) is 4.24. The van der Waals surface area contributed by atoms with Crippen LogP contribution in [-0.4, -0.2) is 33.4 Å². The first-order valence-electron chi connectivity index (χ1n) is 5.64. The minimum atomic E-state index is -0.545. The lowest BCUT2D eigenvalue weighted by Gasteiger charge is -2.18. The normalized spacial score (nSPS) is 20.8. The van der Waals surface area contributed by atoms with Gasteiger partial charge >= 0.3 is 0 Å². The van der Waals surface area contributed by atoms with Gasteiger partial charge in [0, 0.05) is 12.1 Å². The second kappa shape index (κ2) is 4.25. The number of carbonyl (C=O) groups is 1. The van der Waals surface area contributed by atoms with E-state index in [1.54, 1.807) is 11.1 Å². The highest BCUT2D eigenvalue weighted by Crippen LogP contribution is 2.25. The Morgan fingerprint density at radius 2 is 2.38 bits per heavy atom. The molecule has 5 heteroatoms. The summed E-state index contributed by atoms with van der Waals surface area (Å²) in [5.74, 6) is 0.817. The largest absolute Gasteiger partial charge is 0.391 e. The molecular weight excluding hydrogens is 206 g/mol. The summed E-state index contributed by atoms with van der Waals surface area (Å²) in [5.41, 5.74) is 0.982. The smallest absolute Gasteiger partial charge is 0.230 e. The molecule has 1 aromatic heterocycles. The Morgan fingerprint density at radius 1 is 1.62 bits per heavy atom. The minimum Gasteiger partial charge on any atom is -0.391 e. The molecule has 0 saturated carbocycles. The first kappa shape index (κ1) is 11.1. The SMILES string of the molecule is CCCn1ncc(C)c1N1CC(O)CC1=O. The lowest BCUT2D eigenvalue weighted by atomic mass is 10.3. The fourth-order valence-electron chi connectivity index (χ4n) is 2.09. The molecular formula is C11H17N3O2. The molecule has 0 radical (unpaired) electrons. The summed E-state index contributed by atoms with van der Waals surface area (Å²) in [7, 11) is 0. The number of hydrogen-bond acceptors (Lipinski definition) is 3. The quantitative estimate of drug-likeness (QED) is 0.820. The van der Waals surface area contributed by atoms with E-state index >= 15 is 0 Å². The number of rotatable bonds is 3. The van der Waals surface area contributed by atoms with Gasteiger partial charge in [-0.15, -0.1) is 0 Å². The van der Waals surface area contributed by atoms with Gasteiger partial charge in [0.05, 0.1) is 25.3 Å². The van der Waals surface area contributed by atoms with Crippen molar-refractivity contribution in [3.63, 3.8) is 0 Å². The highest BCUT2D eigenvalue weighted by Gasteiger charge is 2.32. The van der Waals surface area contributed by atoms with Crippen LogP contribution in [0.3, 0.4) is 0 Å².